The maximum absolute atomic E-state index is 5.52. The largest absolute Gasteiger partial charge is 0.444 e. The van der Waals surface area contributed by atoms with Gasteiger partial charge in [-0.3, -0.25) is 4.99 Å². The predicted octanol–water partition coefficient (Wildman–Crippen LogP) is 2.56. The van der Waals surface area contributed by atoms with E-state index in [0.29, 0.717) is 43.1 Å². The van der Waals surface area contributed by atoms with E-state index >= 15 is 0 Å². The summed E-state index contributed by atoms with van der Waals surface area (Å²) in [5, 5.41) is 10.1. The SMILES string of the molecule is CN=C(NCCc1nc(C)no1)NCc1coc(-c2ccccc2)n1.I. The lowest BCUT2D eigenvalue weighted by Crippen LogP contribution is -2.37. The molecule has 2 N–H and O–H groups in total. The van der Waals surface area contributed by atoms with E-state index in [-0.39, 0.29) is 24.0 Å². The Morgan fingerprint density at radius 1 is 1.15 bits per heavy atom. The van der Waals surface area contributed by atoms with Crippen molar-refractivity contribution < 1.29 is 8.94 Å². The lowest BCUT2D eigenvalue weighted by molar-refractivity contribution is 0.374. The van der Waals surface area contributed by atoms with Gasteiger partial charge < -0.3 is 19.6 Å². The molecule has 26 heavy (non-hydrogen) atoms. The molecule has 0 atom stereocenters. The monoisotopic (exact) mass is 468 g/mol. The molecule has 138 valence electrons. The fourth-order valence-electron chi connectivity index (χ4n) is 2.23. The lowest BCUT2D eigenvalue weighted by atomic mass is 10.2. The molecular formula is C17H21IN6O2. The van der Waals surface area contributed by atoms with E-state index in [4.69, 9.17) is 8.94 Å². The number of guanidine groups is 1. The van der Waals surface area contributed by atoms with Crippen molar-refractivity contribution in [2.75, 3.05) is 13.6 Å². The van der Waals surface area contributed by atoms with Gasteiger partial charge in [-0.05, 0) is 19.1 Å². The van der Waals surface area contributed by atoms with Gasteiger partial charge in [0.15, 0.2) is 11.8 Å². The average Bonchev–Trinajstić information content (AvgIpc) is 3.28. The molecule has 0 unspecified atom stereocenters. The van der Waals surface area contributed by atoms with E-state index in [0.717, 1.165) is 11.3 Å². The van der Waals surface area contributed by atoms with Crippen LogP contribution >= 0.6 is 24.0 Å². The second-order valence-corrected chi connectivity index (χ2v) is 5.35. The molecular weight excluding hydrogens is 447 g/mol. The summed E-state index contributed by atoms with van der Waals surface area (Å²) in [6.07, 6.45) is 2.27. The highest BCUT2D eigenvalue weighted by Gasteiger charge is 2.07. The second kappa shape index (κ2) is 9.90. The number of hydrogen-bond acceptors (Lipinski definition) is 6. The fraction of sp³-hybridized carbons (Fsp3) is 0.294. The van der Waals surface area contributed by atoms with E-state index in [9.17, 15) is 0 Å². The average molecular weight is 468 g/mol. The molecule has 0 fully saturated rings. The molecule has 0 saturated carbocycles. The molecule has 0 amide bonds. The summed E-state index contributed by atoms with van der Waals surface area (Å²) in [5.41, 5.74) is 1.75. The van der Waals surface area contributed by atoms with Crippen molar-refractivity contribution in [3.8, 4) is 11.5 Å². The van der Waals surface area contributed by atoms with E-state index in [1.807, 2.05) is 30.3 Å². The predicted molar refractivity (Wildman–Crippen MR) is 108 cm³/mol. The zero-order valence-electron chi connectivity index (χ0n) is 14.6. The van der Waals surface area contributed by atoms with Crippen LogP contribution in [0.4, 0.5) is 0 Å². The van der Waals surface area contributed by atoms with Crippen molar-refractivity contribution in [3.63, 3.8) is 0 Å². The van der Waals surface area contributed by atoms with Crippen LogP contribution in [0.2, 0.25) is 0 Å². The highest BCUT2D eigenvalue weighted by molar-refractivity contribution is 14.0. The number of aryl methyl sites for hydroxylation is 1. The zero-order chi connectivity index (χ0) is 17.5. The van der Waals surface area contributed by atoms with Crippen molar-refractivity contribution >= 4 is 29.9 Å². The van der Waals surface area contributed by atoms with Gasteiger partial charge in [0, 0.05) is 25.6 Å². The van der Waals surface area contributed by atoms with Crippen LogP contribution < -0.4 is 10.6 Å². The Morgan fingerprint density at radius 2 is 1.96 bits per heavy atom. The highest BCUT2D eigenvalue weighted by Crippen LogP contribution is 2.17. The number of halogens is 1. The molecule has 9 heteroatoms. The minimum Gasteiger partial charge on any atom is -0.444 e. The molecule has 0 saturated heterocycles. The molecule has 0 spiro atoms. The molecule has 3 rings (SSSR count). The van der Waals surface area contributed by atoms with Crippen LogP contribution in [0.3, 0.4) is 0 Å². The lowest BCUT2D eigenvalue weighted by Gasteiger charge is -2.09. The minimum atomic E-state index is 0. The van der Waals surface area contributed by atoms with E-state index in [1.165, 1.54) is 0 Å². The van der Waals surface area contributed by atoms with E-state index < -0.39 is 0 Å². The molecule has 0 radical (unpaired) electrons. The Balaban J connectivity index is 0.00000243. The van der Waals surface area contributed by atoms with Crippen molar-refractivity contribution in [1.82, 2.24) is 25.8 Å². The van der Waals surface area contributed by atoms with Gasteiger partial charge >= 0.3 is 0 Å². The normalized spacial score (nSPS) is 11.1. The van der Waals surface area contributed by atoms with Crippen LogP contribution in [0.5, 0.6) is 0 Å². The molecule has 2 heterocycles. The Hall–Kier alpha value is -2.43. The molecule has 0 aliphatic carbocycles. The summed E-state index contributed by atoms with van der Waals surface area (Å²) in [5.74, 6) is 2.51. The van der Waals surface area contributed by atoms with Crippen LogP contribution in [0.15, 0.2) is 50.5 Å². The maximum Gasteiger partial charge on any atom is 0.228 e. The number of benzene rings is 1. The Bertz CT molecular complexity index is 831. The molecule has 0 bridgehead atoms. The Morgan fingerprint density at radius 3 is 2.65 bits per heavy atom. The first-order valence-electron chi connectivity index (χ1n) is 7.98. The van der Waals surface area contributed by atoms with Gasteiger partial charge in [-0.25, -0.2) is 4.98 Å². The van der Waals surface area contributed by atoms with Crippen molar-refractivity contribution in [2.45, 2.75) is 19.9 Å². The van der Waals surface area contributed by atoms with Gasteiger partial charge in [0.25, 0.3) is 0 Å². The van der Waals surface area contributed by atoms with Crippen LogP contribution in [0.25, 0.3) is 11.5 Å². The summed E-state index contributed by atoms with van der Waals surface area (Å²) >= 11 is 0. The van der Waals surface area contributed by atoms with Crippen LogP contribution in [0, 0.1) is 6.92 Å². The Labute approximate surface area is 168 Å². The van der Waals surface area contributed by atoms with Gasteiger partial charge in [0.05, 0.1) is 12.2 Å². The number of hydrogen-bond donors (Lipinski definition) is 2. The van der Waals surface area contributed by atoms with Gasteiger partial charge in [-0.1, -0.05) is 23.4 Å². The van der Waals surface area contributed by atoms with E-state index in [2.05, 4.69) is 30.8 Å². The standard InChI is InChI=1S/C17H20N6O2.HI/c1-12-21-15(25-23-12)8-9-19-17(18-2)20-10-14-11-24-16(22-14)13-6-4-3-5-7-13;/h3-7,11H,8-10H2,1-2H3,(H2,18,19,20);1H. The maximum atomic E-state index is 5.52. The Kier molecular flexibility index (Phi) is 7.57. The summed E-state index contributed by atoms with van der Waals surface area (Å²) < 4.78 is 10.6. The first kappa shape index (κ1) is 19.9. The van der Waals surface area contributed by atoms with Gasteiger partial charge in [-0.15, -0.1) is 24.0 Å². The molecule has 0 aliphatic heterocycles. The number of oxazole rings is 1. The fourth-order valence-corrected chi connectivity index (χ4v) is 2.23. The zero-order valence-corrected chi connectivity index (χ0v) is 16.9. The summed E-state index contributed by atoms with van der Waals surface area (Å²) in [6, 6.07) is 9.79. The number of nitrogens with zero attached hydrogens (tertiary/aromatic N) is 4. The summed E-state index contributed by atoms with van der Waals surface area (Å²) in [7, 11) is 1.71. The third-order valence-corrected chi connectivity index (χ3v) is 3.43. The van der Waals surface area contributed by atoms with E-state index in [1.54, 1.807) is 20.2 Å². The van der Waals surface area contributed by atoms with Crippen molar-refractivity contribution in [3.05, 3.63) is 54.0 Å². The summed E-state index contributed by atoms with van der Waals surface area (Å²) in [6.45, 7) is 2.94. The topological polar surface area (TPSA) is 101 Å². The van der Waals surface area contributed by atoms with Crippen LogP contribution in [-0.4, -0.2) is 34.7 Å². The molecule has 8 nitrogen and oxygen atoms in total. The smallest absolute Gasteiger partial charge is 0.228 e. The molecule has 1 aromatic carbocycles. The number of rotatable bonds is 6. The molecule has 0 aliphatic rings. The molecule has 3 aromatic rings. The second-order valence-electron chi connectivity index (χ2n) is 5.35. The summed E-state index contributed by atoms with van der Waals surface area (Å²) in [4.78, 5) is 12.8. The first-order valence-corrected chi connectivity index (χ1v) is 7.98. The number of nitrogens with one attached hydrogen (secondary N) is 2. The van der Waals surface area contributed by atoms with Gasteiger partial charge in [0.1, 0.15) is 6.26 Å². The number of aliphatic imine (C=N–C) groups is 1. The third-order valence-electron chi connectivity index (χ3n) is 3.43. The van der Waals surface area contributed by atoms with Gasteiger partial charge in [-0.2, -0.15) is 4.98 Å². The third kappa shape index (κ3) is 5.55. The van der Waals surface area contributed by atoms with Crippen LogP contribution in [0.1, 0.15) is 17.4 Å². The van der Waals surface area contributed by atoms with Crippen LogP contribution in [-0.2, 0) is 13.0 Å². The number of aromatic nitrogens is 3. The van der Waals surface area contributed by atoms with Crippen molar-refractivity contribution in [1.29, 1.82) is 0 Å². The first-order chi connectivity index (χ1) is 12.2. The quantitative estimate of drug-likeness (QED) is 0.326. The van der Waals surface area contributed by atoms with Crippen molar-refractivity contribution in [2.24, 2.45) is 4.99 Å². The minimum absolute atomic E-state index is 0. The highest BCUT2D eigenvalue weighted by atomic mass is 127. The molecule has 2 aromatic heterocycles. The van der Waals surface area contributed by atoms with Gasteiger partial charge in [0.2, 0.25) is 11.8 Å².